The monoisotopic (exact) mass is 228 g/mol. The Morgan fingerprint density at radius 2 is 2.29 bits per heavy atom. The number of thiazole rings is 1. The molecule has 78 valence electrons. The molecule has 0 aliphatic carbocycles. The molecule has 2 rings (SSSR count). The van der Waals surface area contributed by atoms with Crippen LogP contribution >= 0.6 is 23.1 Å². The highest BCUT2D eigenvalue weighted by molar-refractivity contribution is 7.98. The van der Waals surface area contributed by atoms with E-state index in [2.05, 4.69) is 4.98 Å². The maximum atomic E-state index is 5.47. The number of fused-ring (bicyclic) bond motifs is 1. The van der Waals surface area contributed by atoms with E-state index in [0.717, 1.165) is 19.4 Å². The topological polar surface area (TPSA) is 38.9 Å². The first-order valence-corrected chi connectivity index (χ1v) is 7.12. The van der Waals surface area contributed by atoms with Gasteiger partial charge in [0.05, 0.1) is 10.7 Å². The van der Waals surface area contributed by atoms with Crippen molar-refractivity contribution in [2.24, 2.45) is 5.73 Å². The summed E-state index contributed by atoms with van der Waals surface area (Å²) in [5.41, 5.74) is 6.84. The molecule has 0 unspecified atom stereocenters. The molecule has 2 nitrogen and oxygen atoms in total. The van der Waals surface area contributed by atoms with Crippen LogP contribution in [0.2, 0.25) is 0 Å². The molecule has 0 radical (unpaired) electrons. The van der Waals surface area contributed by atoms with Crippen molar-refractivity contribution in [3.05, 3.63) is 15.6 Å². The predicted molar refractivity (Wildman–Crippen MR) is 64.0 cm³/mol. The van der Waals surface area contributed by atoms with Crippen molar-refractivity contribution in [3.63, 3.8) is 0 Å². The van der Waals surface area contributed by atoms with Crippen LogP contribution in [0.3, 0.4) is 0 Å². The third-order valence-electron chi connectivity index (χ3n) is 2.38. The summed E-state index contributed by atoms with van der Waals surface area (Å²) in [5, 5.41) is 1.32. The van der Waals surface area contributed by atoms with Crippen molar-refractivity contribution in [3.8, 4) is 0 Å². The van der Waals surface area contributed by atoms with Gasteiger partial charge in [0, 0.05) is 10.6 Å². The number of hydrogen-bond acceptors (Lipinski definition) is 4. The highest BCUT2D eigenvalue weighted by atomic mass is 32.2. The fourth-order valence-electron chi connectivity index (χ4n) is 1.61. The van der Waals surface area contributed by atoms with Gasteiger partial charge in [0.25, 0.3) is 0 Å². The van der Waals surface area contributed by atoms with Crippen LogP contribution in [0.1, 0.15) is 28.4 Å². The largest absolute Gasteiger partial charge is 0.330 e. The highest BCUT2D eigenvalue weighted by Crippen LogP contribution is 2.29. The number of nitrogens with two attached hydrogens (primary N) is 1. The van der Waals surface area contributed by atoms with E-state index in [4.69, 9.17) is 5.73 Å². The molecule has 4 heteroatoms. The molecule has 0 spiro atoms. The standard InChI is InChI=1S/C10H16N2S2/c11-5-2-1-3-10-12-8-4-6-13-7-9(8)14-10/h1-7,11H2. The van der Waals surface area contributed by atoms with E-state index in [1.807, 2.05) is 23.1 Å². The number of aryl methyl sites for hydroxylation is 2. The highest BCUT2D eigenvalue weighted by Gasteiger charge is 2.14. The first kappa shape index (κ1) is 10.5. The summed E-state index contributed by atoms with van der Waals surface area (Å²) in [5.74, 6) is 2.43. The smallest absolute Gasteiger partial charge is 0.0931 e. The second-order valence-electron chi connectivity index (χ2n) is 3.53. The van der Waals surface area contributed by atoms with Gasteiger partial charge in [-0.25, -0.2) is 4.98 Å². The van der Waals surface area contributed by atoms with Crippen molar-refractivity contribution in [1.82, 2.24) is 4.98 Å². The average Bonchev–Trinajstić information content (AvgIpc) is 2.60. The van der Waals surface area contributed by atoms with Crippen LogP contribution in [0.15, 0.2) is 0 Å². The zero-order valence-corrected chi connectivity index (χ0v) is 9.92. The van der Waals surface area contributed by atoms with E-state index in [-0.39, 0.29) is 0 Å². The molecular weight excluding hydrogens is 212 g/mol. The number of aromatic nitrogens is 1. The number of unbranched alkanes of at least 4 members (excludes halogenated alkanes) is 1. The van der Waals surface area contributed by atoms with Gasteiger partial charge in [0.2, 0.25) is 0 Å². The quantitative estimate of drug-likeness (QED) is 0.803. The molecule has 1 aliphatic rings. The molecule has 2 N–H and O–H groups in total. The second-order valence-corrected chi connectivity index (χ2v) is 5.80. The van der Waals surface area contributed by atoms with Gasteiger partial charge in [-0.2, -0.15) is 11.8 Å². The summed E-state index contributed by atoms with van der Waals surface area (Å²) < 4.78 is 0. The number of nitrogens with zero attached hydrogens (tertiary/aromatic N) is 1. The van der Waals surface area contributed by atoms with Gasteiger partial charge in [-0.3, -0.25) is 0 Å². The lowest BCUT2D eigenvalue weighted by Crippen LogP contribution is -2.00. The summed E-state index contributed by atoms with van der Waals surface area (Å²) in [6.45, 7) is 0.806. The molecule has 0 amide bonds. The van der Waals surface area contributed by atoms with Crippen LogP contribution in [0, 0.1) is 0 Å². The Morgan fingerprint density at radius 1 is 1.36 bits per heavy atom. The van der Waals surface area contributed by atoms with Crippen LogP contribution in [0.4, 0.5) is 0 Å². The Morgan fingerprint density at radius 3 is 3.07 bits per heavy atom. The maximum Gasteiger partial charge on any atom is 0.0931 e. The Kier molecular flexibility index (Phi) is 3.84. The molecule has 1 aliphatic heterocycles. The molecule has 1 aromatic heterocycles. The molecule has 0 atom stereocenters. The maximum absolute atomic E-state index is 5.47. The third-order valence-corrected chi connectivity index (χ3v) is 4.71. The molecule has 14 heavy (non-hydrogen) atoms. The van der Waals surface area contributed by atoms with Crippen molar-refractivity contribution in [2.75, 3.05) is 12.3 Å². The van der Waals surface area contributed by atoms with Gasteiger partial charge in [0.15, 0.2) is 0 Å². The molecule has 0 saturated heterocycles. The minimum Gasteiger partial charge on any atom is -0.330 e. The summed E-state index contributed by atoms with van der Waals surface area (Å²) in [6.07, 6.45) is 4.61. The normalized spacial score (nSPS) is 15.5. The molecule has 2 heterocycles. The number of rotatable bonds is 4. The predicted octanol–water partition coefficient (Wildman–Crippen LogP) is 2.21. The van der Waals surface area contributed by atoms with E-state index < -0.39 is 0 Å². The Bertz CT molecular complexity index is 273. The Labute approximate surface area is 93.3 Å². The summed E-state index contributed by atoms with van der Waals surface area (Å²) in [7, 11) is 0. The first-order chi connectivity index (χ1) is 6.90. The minimum absolute atomic E-state index is 0.806. The fraction of sp³-hybridized carbons (Fsp3) is 0.700. The summed E-state index contributed by atoms with van der Waals surface area (Å²) in [6, 6.07) is 0. The zero-order chi connectivity index (χ0) is 9.80. The molecule has 0 aromatic carbocycles. The molecule has 0 bridgehead atoms. The Balaban J connectivity index is 1.94. The lowest BCUT2D eigenvalue weighted by Gasteiger charge is -2.06. The van der Waals surface area contributed by atoms with Crippen molar-refractivity contribution < 1.29 is 0 Å². The molecular formula is C10H16N2S2. The first-order valence-electron chi connectivity index (χ1n) is 5.15. The SMILES string of the molecule is NCCCCc1nc2c(s1)CSCC2. The van der Waals surface area contributed by atoms with Crippen LogP contribution in [0.25, 0.3) is 0 Å². The van der Waals surface area contributed by atoms with Crippen LogP contribution in [-0.2, 0) is 18.6 Å². The number of thioether (sulfide) groups is 1. The van der Waals surface area contributed by atoms with Crippen molar-refractivity contribution in [2.45, 2.75) is 31.4 Å². The summed E-state index contributed by atoms with van der Waals surface area (Å²) >= 11 is 3.94. The van der Waals surface area contributed by atoms with Crippen molar-refractivity contribution >= 4 is 23.1 Å². The van der Waals surface area contributed by atoms with E-state index in [1.54, 1.807) is 0 Å². The van der Waals surface area contributed by atoms with Gasteiger partial charge >= 0.3 is 0 Å². The minimum atomic E-state index is 0.806. The molecule has 1 aromatic rings. The lowest BCUT2D eigenvalue weighted by molar-refractivity contribution is 0.739. The van der Waals surface area contributed by atoms with Crippen LogP contribution in [-0.4, -0.2) is 17.3 Å². The van der Waals surface area contributed by atoms with Crippen LogP contribution < -0.4 is 5.73 Å². The third kappa shape index (κ3) is 2.49. The van der Waals surface area contributed by atoms with E-state index in [1.165, 1.54) is 39.9 Å². The fourth-order valence-corrected chi connectivity index (χ4v) is 3.88. The van der Waals surface area contributed by atoms with E-state index in [0.29, 0.717) is 0 Å². The van der Waals surface area contributed by atoms with E-state index in [9.17, 15) is 0 Å². The number of hydrogen-bond donors (Lipinski definition) is 1. The molecule has 0 fully saturated rings. The van der Waals surface area contributed by atoms with E-state index >= 15 is 0 Å². The summed E-state index contributed by atoms with van der Waals surface area (Å²) in [4.78, 5) is 6.20. The Hall–Kier alpha value is -0.0600. The van der Waals surface area contributed by atoms with Crippen LogP contribution in [0.5, 0.6) is 0 Å². The lowest BCUT2D eigenvalue weighted by atomic mass is 10.2. The second kappa shape index (κ2) is 5.14. The average molecular weight is 228 g/mol. The van der Waals surface area contributed by atoms with Crippen molar-refractivity contribution in [1.29, 1.82) is 0 Å². The molecule has 0 saturated carbocycles. The van der Waals surface area contributed by atoms with Gasteiger partial charge in [-0.15, -0.1) is 11.3 Å². The van der Waals surface area contributed by atoms with Gasteiger partial charge in [-0.05, 0) is 38.0 Å². The van der Waals surface area contributed by atoms with Gasteiger partial charge in [0.1, 0.15) is 0 Å². The zero-order valence-electron chi connectivity index (χ0n) is 8.29. The van der Waals surface area contributed by atoms with Gasteiger partial charge < -0.3 is 5.73 Å². The van der Waals surface area contributed by atoms with Gasteiger partial charge in [-0.1, -0.05) is 0 Å².